The number of hydrogen-bond acceptors (Lipinski definition) is 3. The van der Waals surface area contributed by atoms with Crippen molar-refractivity contribution in [2.45, 2.75) is 25.3 Å². The molecule has 0 saturated carbocycles. The van der Waals surface area contributed by atoms with Crippen LogP contribution in [0.25, 0.3) is 5.69 Å². The molecular formula is C19H22FN5. The SMILES string of the molecule is Cn1nccc1C1CCN(Cc2cnn(-c3ccc(F)cc3)c2)CC1. The van der Waals surface area contributed by atoms with Gasteiger partial charge in [0.1, 0.15) is 5.82 Å². The van der Waals surface area contributed by atoms with E-state index >= 15 is 0 Å². The van der Waals surface area contributed by atoms with Gasteiger partial charge in [-0.25, -0.2) is 9.07 Å². The summed E-state index contributed by atoms with van der Waals surface area (Å²) >= 11 is 0. The van der Waals surface area contributed by atoms with Crippen molar-refractivity contribution in [1.82, 2.24) is 24.5 Å². The van der Waals surface area contributed by atoms with Gasteiger partial charge in [-0.2, -0.15) is 10.2 Å². The molecular weight excluding hydrogens is 317 g/mol. The van der Waals surface area contributed by atoms with Crippen LogP contribution in [0.15, 0.2) is 48.9 Å². The first-order chi connectivity index (χ1) is 12.2. The fourth-order valence-electron chi connectivity index (χ4n) is 3.61. The van der Waals surface area contributed by atoms with Crippen LogP contribution in [-0.2, 0) is 13.6 Å². The number of nitrogens with zero attached hydrogens (tertiary/aromatic N) is 5. The fourth-order valence-corrected chi connectivity index (χ4v) is 3.61. The van der Waals surface area contributed by atoms with E-state index in [1.807, 2.05) is 30.3 Å². The zero-order chi connectivity index (χ0) is 17.2. The Labute approximate surface area is 146 Å². The minimum absolute atomic E-state index is 0.229. The third-order valence-electron chi connectivity index (χ3n) is 5.00. The standard InChI is InChI=1S/C19H22FN5/c1-23-19(6-9-21-23)16-7-10-24(11-8-16)13-15-12-22-25(14-15)18-4-2-17(20)3-5-18/h2-6,9,12,14,16H,7-8,10-11,13H2,1H3. The highest BCUT2D eigenvalue weighted by Crippen LogP contribution is 2.28. The Morgan fingerprint density at radius 1 is 1.08 bits per heavy atom. The highest BCUT2D eigenvalue weighted by Gasteiger charge is 2.22. The van der Waals surface area contributed by atoms with Crippen molar-refractivity contribution in [2.24, 2.45) is 7.05 Å². The van der Waals surface area contributed by atoms with Crippen LogP contribution in [0.4, 0.5) is 4.39 Å². The van der Waals surface area contributed by atoms with Crippen LogP contribution < -0.4 is 0 Å². The summed E-state index contributed by atoms with van der Waals surface area (Å²) in [7, 11) is 2.02. The maximum absolute atomic E-state index is 13.0. The number of benzene rings is 1. The normalized spacial score (nSPS) is 16.4. The molecule has 1 saturated heterocycles. The molecule has 0 spiro atoms. The van der Waals surface area contributed by atoms with Crippen molar-refractivity contribution in [1.29, 1.82) is 0 Å². The van der Waals surface area contributed by atoms with Crippen LogP contribution in [0, 0.1) is 5.82 Å². The molecule has 0 amide bonds. The molecule has 1 aliphatic rings. The first-order valence-corrected chi connectivity index (χ1v) is 8.69. The topological polar surface area (TPSA) is 38.9 Å². The van der Waals surface area contributed by atoms with Crippen LogP contribution in [0.3, 0.4) is 0 Å². The second-order valence-electron chi connectivity index (χ2n) is 6.70. The van der Waals surface area contributed by atoms with Crippen molar-refractivity contribution >= 4 is 0 Å². The van der Waals surface area contributed by atoms with E-state index < -0.39 is 0 Å². The smallest absolute Gasteiger partial charge is 0.123 e. The van der Waals surface area contributed by atoms with E-state index in [0.717, 1.165) is 38.2 Å². The van der Waals surface area contributed by atoms with Gasteiger partial charge in [-0.05, 0) is 56.3 Å². The van der Waals surface area contributed by atoms with E-state index in [1.54, 1.807) is 16.8 Å². The van der Waals surface area contributed by atoms with Crippen LogP contribution in [0.5, 0.6) is 0 Å². The number of aryl methyl sites for hydroxylation is 1. The number of hydrogen-bond donors (Lipinski definition) is 0. The Bertz CT molecular complexity index is 828. The zero-order valence-electron chi connectivity index (χ0n) is 14.3. The minimum Gasteiger partial charge on any atom is -0.299 e. The highest BCUT2D eigenvalue weighted by atomic mass is 19.1. The van der Waals surface area contributed by atoms with Crippen LogP contribution in [0.2, 0.25) is 0 Å². The molecule has 1 fully saturated rings. The second-order valence-corrected chi connectivity index (χ2v) is 6.70. The molecule has 0 unspecified atom stereocenters. The molecule has 3 aromatic rings. The molecule has 25 heavy (non-hydrogen) atoms. The minimum atomic E-state index is -0.229. The third-order valence-corrected chi connectivity index (χ3v) is 5.00. The molecule has 0 radical (unpaired) electrons. The molecule has 130 valence electrons. The van der Waals surface area contributed by atoms with Gasteiger partial charge in [0, 0.05) is 43.2 Å². The summed E-state index contributed by atoms with van der Waals surface area (Å²) in [4.78, 5) is 2.47. The van der Waals surface area contributed by atoms with E-state index in [-0.39, 0.29) is 5.82 Å². The number of rotatable bonds is 4. The summed E-state index contributed by atoms with van der Waals surface area (Å²) in [6.45, 7) is 3.06. The lowest BCUT2D eigenvalue weighted by molar-refractivity contribution is 0.201. The predicted molar refractivity (Wildman–Crippen MR) is 94.0 cm³/mol. The maximum Gasteiger partial charge on any atom is 0.123 e. The van der Waals surface area contributed by atoms with Crippen molar-refractivity contribution in [3.63, 3.8) is 0 Å². The Kier molecular flexibility index (Phi) is 4.36. The third kappa shape index (κ3) is 3.49. The fraction of sp³-hybridized carbons (Fsp3) is 0.368. The van der Waals surface area contributed by atoms with Gasteiger partial charge >= 0.3 is 0 Å². The second kappa shape index (κ2) is 6.80. The summed E-state index contributed by atoms with van der Waals surface area (Å²) in [5.74, 6) is 0.373. The first kappa shape index (κ1) is 16.0. The molecule has 0 aliphatic carbocycles. The number of halogens is 1. The monoisotopic (exact) mass is 339 g/mol. The molecule has 0 bridgehead atoms. The van der Waals surface area contributed by atoms with Gasteiger partial charge in [-0.3, -0.25) is 9.58 Å². The van der Waals surface area contributed by atoms with Crippen molar-refractivity contribution < 1.29 is 4.39 Å². The zero-order valence-corrected chi connectivity index (χ0v) is 14.3. The van der Waals surface area contributed by atoms with Crippen LogP contribution in [0.1, 0.15) is 30.0 Å². The average molecular weight is 339 g/mol. The van der Waals surface area contributed by atoms with E-state index in [9.17, 15) is 4.39 Å². The van der Waals surface area contributed by atoms with E-state index in [2.05, 4.69) is 21.2 Å². The Morgan fingerprint density at radius 3 is 2.52 bits per heavy atom. The van der Waals surface area contributed by atoms with Gasteiger partial charge in [-0.15, -0.1) is 0 Å². The first-order valence-electron chi connectivity index (χ1n) is 8.69. The number of likely N-dealkylation sites (tertiary alicyclic amines) is 1. The van der Waals surface area contributed by atoms with E-state index in [1.165, 1.54) is 23.4 Å². The molecule has 0 N–H and O–H groups in total. The predicted octanol–water partition coefficient (Wildman–Crippen LogP) is 3.12. The molecule has 1 aromatic carbocycles. The molecule has 1 aliphatic heterocycles. The van der Waals surface area contributed by atoms with Gasteiger partial charge in [0.2, 0.25) is 0 Å². The summed E-state index contributed by atoms with van der Waals surface area (Å²) in [6, 6.07) is 8.53. The van der Waals surface area contributed by atoms with Gasteiger partial charge in [0.25, 0.3) is 0 Å². The Balaban J connectivity index is 1.36. The molecule has 0 atom stereocenters. The van der Waals surface area contributed by atoms with Crippen molar-refractivity contribution in [3.8, 4) is 5.69 Å². The Morgan fingerprint density at radius 2 is 1.84 bits per heavy atom. The lowest BCUT2D eigenvalue weighted by Gasteiger charge is -2.31. The van der Waals surface area contributed by atoms with Gasteiger partial charge < -0.3 is 0 Å². The average Bonchev–Trinajstić information content (AvgIpc) is 3.26. The quantitative estimate of drug-likeness (QED) is 0.733. The lowest BCUT2D eigenvalue weighted by Crippen LogP contribution is -2.32. The maximum atomic E-state index is 13.0. The molecule has 3 heterocycles. The van der Waals surface area contributed by atoms with Gasteiger partial charge in [-0.1, -0.05) is 0 Å². The van der Waals surface area contributed by atoms with Crippen molar-refractivity contribution in [3.05, 3.63) is 66.0 Å². The van der Waals surface area contributed by atoms with Gasteiger partial charge in [0.05, 0.1) is 11.9 Å². The van der Waals surface area contributed by atoms with Crippen molar-refractivity contribution in [2.75, 3.05) is 13.1 Å². The largest absolute Gasteiger partial charge is 0.299 e. The highest BCUT2D eigenvalue weighted by molar-refractivity contribution is 5.31. The molecule has 5 nitrogen and oxygen atoms in total. The van der Waals surface area contributed by atoms with Gasteiger partial charge in [0.15, 0.2) is 0 Å². The summed E-state index contributed by atoms with van der Waals surface area (Å²) in [5, 5.41) is 8.69. The van der Waals surface area contributed by atoms with E-state index in [4.69, 9.17) is 0 Å². The van der Waals surface area contributed by atoms with E-state index in [0.29, 0.717) is 5.92 Å². The lowest BCUT2D eigenvalue weighted by atomic mass is 9.93. The summed E-state index contributed by atoms with van der Waals surface area (Å²) < 4.78 is 16.8. The summed E-state index contributed by atoms with van der Waals surface area (Å²) in [6.07, 6.45) is 8.12. The van der Waals surface area contributed by atoms with Crippen LogP contribution in [-0.4, -0.2) is 37.6 Å². The molecule has 2 aromatic heterocycles. The molecule has 6 heteroatoms. The van der Waals surface area contributed by atoms with Crippen LogP contribution >= 0.6 is 0 Å². The summed E-state index contributed by atoms with van der Waals surface area (Å²) in [5.41, 5.74) is 3.40. The number of piperidine rings is 1. The number of aromatic nitrogens is 4. The Hall–Kier alpha value is -2.47. The molecule has 4 rings (SSSR count).